The minimum atomic E-state index is -0.142. The van der Waals surface area contributed by atoms with Gasteiger partial charge in [-0.05, 0) is 41.0 Å². The molecule has 8 nitrogen and oxygen atoms in total. The van der Waals surface area contributed by atoms with Crippen molar-refractivity contribution in [2.45, 2.75) is 24.4 Å². The van der Waals surface area contributed by atoms with Crippen molar-refractivity contribution in [3.8, 4) is 11.5 Å². The maximum Gasteiger partial charge on any atom is 0.222 e. The summed E-state index contributed by atoms with van der Waals surface area (Å²) in [7, 11) is 3.55. The number of likely N-dealkylation sites (N-methyl/N-ethyl adjacent to an activating group) is 1. The highest BCUT2D eigenvalue weighted by Gasteiger charge is 2.10. The molecular formula is C15H21N5O3S. The molecule has 0 unspecified atom stereocenters. The number of phenols is 2. The molecule has 0 radical (unpaired) electrons. The highest BCUT2D eigenvalue weighted by molar-refractivity contribution is 7.99. The zero-order chi connectivity index (χ0) is 17.5. The Hall–Kier alpha value is -2.29. The smallest absolute Gasteiger partial charge is 0.222 e. The van der Waals surface area contributed by atoms with Crippen molar-refractivity contribution in [2.24, 2.45) is 7.05 Å². The molecule has 130 valence electrons. The Balaban J connectivity index is 1.68. The number of amides is 1. The van der Waals surface area contributed by atoms with Gasteiger partial charge in [0.2, 0.25) is 11.1 Å². The van der Waals surface area contributed by atoms with E-state index in [1.165, 1.54) is 23.9 Å². The molecule has 1 aromatic carbocycles. The fourth-order valence-electron chi connectivity index (χ4n) is 2.07. The largest absolute Gasteiger partial charge is 0.504 e. The average Bonchev–Trinajstić information content (AvgIpc) is 2.97. The minimum absolute atomic E-state index is 0.0784. The van der Waals surface area contributed by atoms with Crippen LogP contribution in [-0.4, -0.2) is 60.6 Å². The van der Waals surface area contributed by atoms with Gasteiger partial charge in [0.05, 0.1) is 0 Å². The van der Waals surface area contributed by atoms with Crippen LogP contribution < -0.4 is 0 Å². The summed E-state index contributed by atoms with van der Waals surface area (Å²) in [5.74, 6) is 0.574. The molecule has 0 saturated carbocycles. The Morgan fingerprint density at radius 2 is 2.12 bits per heavy atom. The Morgan fingerprint density at radius 3 is 2.79 bits per heavy atom. The van der Waals surface area contributed by atoms with Gasteiger partial charge in [0.1, 0.15) is 0 Å². The summed E-state index contributed by atoms with van der Waals surface area (Å²) >= 11 is 1.53. The molecule has 0 aliphatic heterocycles. The number of aryl methyl sites for hydroxylation is 1. The van der Waals surface area contributed by atoms with Crippen molar-refractivity contribution in [3.63, 3.8) is 0 Å². The third-order valence-electron chi connectivity index (χ3n) is 3.55. The number of phenolic OH excluding ortho intramolecular Hbond substituents is 2. The lowest BCUT2D eigenvalue weighted by Gasteiger charge is -2.17. The number of carbonyl (C=O) groups excluding carboxylic acids is 1. The summed E-state index contributed by atoms with van der Waals surface area (Å²) in [6.07, 6.45) is 1.84. The van der Waals surface area contributed by atoms with Crippen LogP contribution in [-0.2, 0) is 18.3 Å². The summed E-state index contributed by atoms with van der Waals surface area (Å²) in [4.78, 5) is 13.8. The first kappa shape index (κ1) is 18.1. The maximum atomic E-state index is 12.1. The summed E-state index contributed by atoms with van der Waals surface area (Å²) in [5.41, 5.74) is 0.871. The molecule has 1 heterocycles. The van der Waals surface area contributed by atoms with E-state index in [0.717, 1.165) is 22.9 Å². The van der Waals surface area contributed by atoms with Gasteiger partial charge in [-0.3, -0.25) is 4.79 Å². The van der Waals surface area contributed by atoms with Gasteiger partial charge < -0.3 is 15.1 Å². The summed E-state index contributed by atoms with van der Waals surface area (Å²) in [6.45, 7) is 0.559. The van der Waals surface area contributed by atoms with Crippen LogP contribution in [0.25, 0.3) is 0 Å². The Bertz CT molecular complexity index is 691. The molecule has 0 aliphatic rings. The van der Waals surface area contributed by atoms with Crippen LogP contribution in [0.1, 0.15) is 18.4 Å². The summed E-state index contributed by atoms with van der Waals surface area (Å²) < 4.78 is 1.60. The van der Waals surface area contributed by atoms with Crippen molar-refractivity contribution in [1.82, 2.24) is 25.1 Å². The molecule has 0 saturated heterocycles. The predicted octanol–water partition coefficient (Wildman–Crippen LogP) is 1.19. The van der Waals surface area contributed by atoms with Crippen molar-refractivity contribution in [2.75, 3.05) is 19.3 Å². The first-order valence-electron chi connectivity index (χ1n) is 7.57. The van der Waals surface area contributed by atoms with Crippen molar-refractivity contribution in [1.29, 1.82) is 0 Å². The maximum absolute atomic E-state index is 12.1. The van der Waals surface area contributed by atoms with Crippen LogP contribution in [0.3, 0.4) is 0 Å². The van der Waals surface area contributed by atoms with E-state index in [1.54, 1.807) is 29.7 Å². The average molecular weight is 351 g/mol. The number of aromatic nitrogens is 4. The van der Waals surface area contributed by atoms with E-state index in [2.05, 4.69) is 15.5 Å². The van der Waals surface area contributed by atoms with E-state index in [9.17, 15) is 15.0 Å². The second kappa shape index (κ2) is 8.53. The fourth-order valence-corrected chi connectivity index (χ4v) is 2.86. The third kappa shape index (κ3) is 5.12. The second-order valence-electron chi connectivity index (χ2n) is 5.43. The number of carbonyl (C=O) groups is 1. The van der Waals surface area contributed by atoms with Crippen LogP contribution >= 0.6 is 11.8 Å². The van der Waals surface area contributed by atoms with Gasteiger partial charge in [-0.15, -0.1) is 5.10 Å². The minimum Gasteiger partial charge on any atom is -0.504 e. The number of nitrogens with zero attached hydrogens (tertiary/aromatic N) is 5. The van der Waals surface area contributed by atoms with Crippen LogP contribution in [0, 0.1) is 0 Å². The number of benzene rings is 1. The van der Waals surface area contributed by atoms with E-state index in [4.69, 9.17) is 0 Å². The molecule has 0 aliphatic carbocycles. The van der Waals surface area contributed by atoms with Crippen LogP contribution in [0.15, 0.2) is 23.4 Å². The fraction of sp³-hybridized carbons (Fsp3) is 0.467. The quantitative estimate of drug-likeness (QED) is 0.418. The molecule has 1 aromatic heterocycles. The topological polar surface area (TPSA) is 104 Å². The van der Waals surface area contributed by atoms with E-state index >= 15 is 0 Å². The van der Waals surface area contributed by atoms with Crippen molar-refractivity contribution >= 4 is 17.7 Å². The molecular weight excluding hydrogens is 330 g/mol. The number of thioether (sulfide) groups is 1. The van der Waals surface area contributed by atoms with Crippen LogP contribution in [0.4, 0.5) is 0 Å². The molecule has 2 N–H and O–H groups in total. The van der Waals surface area contributed by atoms with E-state index < -0.39 is 0 Å². The Kier molecular flexibility index (Phi) is 6.42. The number of rotatable bonds is 8. The molecule has 0 bridgehead atoms. The molecule has 0 spiro atoms. The van der Waals surface area contributed by atoms with Crippen molar-refractivity contribution in [3.05, 3.63) is 23.8 Å². The summed E-state index contributed by atoms with van der Waals surface area (Å²) in [6, 6.07) is 4.70. The lowest BCUT2D eigenvalue weighted by molar-refractivity contribution is -0.129. The predicted molar refractivity (Wildman–Crippen MR) is 89.9 cm³/mol. The van der Waals surface area contributed by atoms with Crippen LogP contribution in [0.5, 0.6) is 11.5 Å². The lowest BCUT2D eigenvalue weighted by atomic mass is 10.1. The monoisotopic (exact) mass is 351 g/mol. The van der Waals surface area contributed by atoms with Gasteiger partial charge in [0.25, 0.3) is 0 Å². The molecule has 2 aromatic rings. The number of hydrogen-bond donors (Lipinski definition) is 2. The van der Waals surface area contributed by atoms with Gasteiger partial charge in [0, 0.05) is 32.8 Å². The first-order valence-corrected chi connectivity index (χ1v) is 8.56. The van der Waals surface area contributed by atoms with Gasteiger partial charge in [-0.25, -0.2) is 4.68 Å². The van der Waals surface area contributed by atoms with Gasteiger partial charge in [-0.1, -0.05) is 17.8 Å². The van der Waals surface area contributed by atoms with Gasteiger partial charge >= 0.3 is 0 Å². The molecule has 1 amide bonds. The molecule has 0 atom stereocenters. The lowest BCUT2D eigenvalue weighted by Crippen LogP contribution is -2.28. The zero-order valence-electron chi connectivity index (χ0n) is 13.7. The second-order valence-corrected chi connectivity index (χ2v) is 6.49. The first-order chi connectivity index (χ1) is 11.5. The SMILES string of the molecule is CN(CCc1ccc(O)c(O)c1)C(=O)CCCSc1nnnn1C. The normalized spacial score (nSPS) is 10.8. The Labute approximate surface area is 144 Å². The van der Waals surface area contributed by atoms with E-state index in [-0.39, 0.29) is 17.4 Å². The van der Waals surface area contributed by atoms with E-state index in [1.807, 2.05) is 0 Å². The number of tetrazole rings is 1. The molecule has 2 rings (SSSR count). The highest BCUT2D eigenvalue weighted by atomic mass is 32.2. The highest BCUT2D eigenvalue weighted by Crippen LogP contribution is 2.25. The van der Waals surface area contributed by atoms with Gasteiger partial charge in [-0.2, -0.15) is 0 Å². The molecule has 0 fully saturated rings. The molecule has 24 heavy (non-hydrogen) atoms. The summed E-state index contributed by atoms with van der Waals surface area (Å²) in [5, 5.41) is 30.7. The third-order valence-corrected chi connectivity index (χ3v) is 4.65. The van der Waals surface area contributed by atoms with E-state index in [0.29, 0.717) is 19.4 Å². The zero-order valence-corrected chi connectivity index (χ0v) is 14.5. The standard InChI is InChI=1S/C15H21N5O3S/c1-19(8-7-11-5-6-12(21)13(22)10-11)14(23)4-3-9-24-15-16-17-18-20(15)2/h5-6,10,21-22H,3-4,7-9H2,1-2H3. The van der Waals surface area contributed by atoms with Gasteiger partial charge in [0.15, 0.2) is 11.5 Å². The number of aromatic hydroxyl groups is 2. The van der Waals surface area contributed by atoms with Crippen LogP contribution in [0.2, 0.25) is 0 Å². The van der Waals surface area contributed by atoms with Crippen molar-refractivity contribution < 1.29 is 15.0 Å². The molecule has 9 heteroatoms. The number of hydrogen-bond acceptors (Lipinski definition) is 7. The Morgan fingerprint density at radius 1 is 1.33 bits per heavy atom.